The Kier molecular flexibility index (Phi) is 4.54. The Balaban J connectivity index is 1.86. The molecule has 0 aromatic heterocycles. The van der Waals surface area contributed by atoms with Crippen molar-refractivity contribution in [2.45, 2.75) is 32.8 Å². The van der Waals surface area contributed by atoms with E-state index in [9.17, 15) is 0 Å². The van der Waals surface area contributed by atoms with Crippen molar-refractivity contribution in [2.75, 3.05) is 0 Å². The van der Waals surface area contributed by atoms with Crippen LogP contribution in [-0.4, -0.2) is 5.11 Å². The smallest absolute Gasteiger partial charge is 0.0681 e. The highest BCUT2D eigenvalue weighted by Gasteiger charge is 1.97. The van der Waals surface area contributed by atoms with Crippen LogP contribution < -0.4 is 0 Å². The van der Waals surface area contributed by atoms with E-state index in [0.717, 1.165) is 24.8 Å². The van der Waals surface area contributed by atoms with E-state index in [2.05, 4.69) is 43.3 Å². The summed E-state index contributed by atoms with van der Waals surface area (Å²) in [5, 5.41) is 9.09. The van der Waals surface area contributed by atoms with Crippen molar-refractivity contribution in [2.24, 2.45) is 0 Å². The summed E-state index contributed by atoms with van der Waals surface area (Å²) >= 11 is 0. The van der Waals surface area contributed by atoms with Crippen LogP contribution in [0, 0.1) is 6.92 Å². The highest BCUT2D eigenvalue weighted by Crippen LogP contribution is 2.11. The van der Waals surface area contributed by atoms with E-state index in [1.165, 1.54) is 16.7 Å². The monoisotopic (exact) mass is 240 g/mol. The zero-order valence-corrected chi connectivity index (χ0v) is 10.9. The second-order valence-electron chi connectivity index (χ2n) is 4.82. The van der Waals surface area contributed by atoms with Crippen LogP contribution in [-0.2, 0) is 19.4 Å². The van der Waals surface area contributed by atoms with Crippen LogP contribution in [0.2, 0.25) is 0 Å². The number of hydrogen-bond acceptors (Lipinski definition) is 1. The molecule has 0 fully saturated rings. The normalized spacial score (nSPS) is 10.6. The number of rotatable bonds is 5. The second-order valence-corrected chi connectivity index (χ2v) is 4.82. The maximum Gasteiger partial charge on any atom is 0.0681 e. The van der Waals surface area contributed by atoms with Gasteiger partial charge in [0.1, 0.15) is 0 Å². The summed E-state index contributed by atoms with van der Waals surface area (Å²) in [6.45, 7) is 2.25. The molecule has 1 heteroatoms. The zero-order valence-electron chi connectivity index (χ0n) is 10.9. The van der Waals surface area contributed by atoms with Gasteiger partial charge >= 0.3 is 0 Å². The summed E-state index contributed by atoms with van der Waals surface area (Å²) in [6.07, 6.45) is 3.34. The average molecular weight is 240 g/mol. The van der Waals surface area contributed by atoms with Gasteiger partial charge in [0.25, 0.3) is 0 Å². The Hall–Kier alpha value is -1.60. The largest absolute Gasteiger partial charge is 0.392 e. The predicted molar refractivity (Wildman–Crippen MR) is 75.6 cm³/mol. The van der Waals surface area contributed by atoms with Crippen molar-refractivity contribution >= 4 is 0 Å². The maximum absolute atomic E-state index is 9.09. The molecule has 0 atom stereocenters. The second kappa shape index (κ2) is 6.36. The van der Waals surface area contributed by atoms with Crippen molar-refractivity contribution in [3.8, 4) is 0 Å². The number of aliphatic hydroxyl groups is 1. The average Bonchev–Trinajstić information content (AvgIpc) is 2.41. The summed E-state index contributed by atoms with van der Waals surface area (Å²) in [5.74, 6) is 0. The van der Waals surface area contributed by atoms with Gasteiger partial charge in [-0.05, 0) is 42.9 Å². The fourth-order valence-corrected chi connectivity index (χ4v) is 2.13. The SMILES string of the molecule is Cc1ccc(CCCc2cccc(CO)c2)cc1. The quantitative estimate of drug-likeness (QED) is 0.845. The molecule has 0 radical (unpaired) electrons. The Bertz CT molecular complexity index is 485. The number of hydrogen-bond donors (Lipinski definition) is 1. The van der Waals surface area contributed by atoms with E-state index in [-0.39, 0.29) is 6.61 Å². The lowest BCUT2D eigenvalue weighted by molar-refractivity contribution is 0.281. The molecule has 2 aromatic carbocycles. The highest BCUT2D eigenvalue weighted by molar-refractivity contribution is 5.24. The van der Waals surface area contributed by atoms with Crippen LogP contribution in [0.3, 0.4) is 0 Å². The molecule has 0 aliphatic rings. The summed E-state index contributed by atoms with van der Waals surface area (Å²) in [5.41, 5.74) is 5.03. The highest BCUT2D eigenvalue weighted by atomic mass is 16.3. The van der Waals surface area contributed by atoms with Crippen LogP contribution in [0.1, 0.15) is 28.7 Å². The first-order chi connectivity index (χ1) is 8.78. The van der Waals surface area contributed by atoms with Crippen LogP contribution >= 0.6 is 0 Å². The molecule has 2 aromatic rings. The number of benzene rings is 2. The van der Waals surface area contributed by atoms with Crippen molar-refractivity contribution in [1.82, 2.24) is 0 Å². The van der Waals surface area contributed by atoms with Crippen LogP contribution in [0.15, 0.2) is 48.5 Å². The zero-order chi connectivity index (χ0) is 12.8. The fourth-order valence-electron chi connectivity index (χ4n) is 2.13. The van der Waals surface area contributed by atoms with Crippen LogP contribution in [0.4, 0.5) is 0 Å². The minimum atomic E-state index is 0.131. The molecule has 0 aliphatic heterocycles. The first-order valence-electron chi connectivity index (χ1n) is 6.52. The van der Waals surface area contributed by atoms with Gasteiger partial charge in [-0.2, -0.15) is 0 Å². The molecule has 0 bridgehead atoms. The Morgan fingerprint density at radius 2 is 1.50 bits per heavy atom. The molecule has 0 aliphatic carbocycles. The summed E-state index contributed by atoms with van der Waals surface area (Å²) in [6, 6.07) is 17.0. The van der Waals surface area contributed by atoms with E-state index in [4.69, 9.17) is 5.11 Å². The third-order valence-corrected chi connectivity index (χ3v) is 3.23. The number of aryl methyl sites for hydroxylation is 3. The molecule has 0 saturated carbocycles. The van der Waals surface area contributed by atoms with Crippen molar-refractivity contribution < 1.29 is 5.11 Å². The molecule has 0 spiro atoms. The Morgan fingerprint density at radius 1 is 0.833 bits per heavy atom. The third kappa shape index (κ3) is 3.71. The van der Waals surface area contributed by atoms with Gasteiger partial charge < -0.3 is 5.11 Å². The van der Waals surface area contributed by atoms with E-state index >= 15 is 0 Å². The van der Waals surface area contributed by atoms with Crippen LogP contribution in [0.25, 0.3) is 0 Å². The molecule has 2 rings (SSSR count). The summed E-state index contributed by atoms with van der Waals surface area (Å²) < 4.78 is 0. The molecule has 0 saturated heterocycles. The molecule has 0 amide bonds. The summed E-state index contributed by atoms with van der Waals surface area (Å²) in [7, 11) is 0. The van der Waals surface area contributed by atoms with Crippen molar-refractivity contribution in [3.63, 3.8) is 0 Å². The first kappa shape index (κ1) is 12.8. The molecule has 1 nitrogen and oxygen atoms in total. The van der Waals surface area contributed by atoms with Gasteiger partial charge in [-0.15, -0.1) is 0 Å². The fraction of sp³-hybridized carbons (Fsp3) is 0.294. The molecular formula is C17H20O. The maximum atomic E-state index is 9.09. The molecule has 94 valence electrons. The molecule has 18 heavy (non-hydrogen) atoms. The summed E-state index contributed by atoms with van der Waals surface area (Å²) in [4.78, 5) is 0. The standard InChI is InChI=1S/C17H20O/c1-14-8-10-15(11-9-14)4-2-5-16-6-3-7-17(12-16)13-18/h3,6-12,18H,2,4-5,13H2,1H3. The minimum Gasteiger partial charge on any atom is -0.392 e. The number of aliphatic hydroxyl groups excluding tert-OH is 1. The molecule has 0 heterocycles. The Morgan fingerprint density at radius 3 is 2.22 bits per heavy atom. The van der Waals surface area contributed by atoms with Crippen molar-refractivity contribution in [1.29, 1.82) is 0 Å². The van der Waals surface area contributed by atoms with Gasteiger partial charge in [0.15, 0.2) is 0 Å². The van der Waals surface area contributed by atoms with Gasteiger partial charge in [-0.1, -0.05) is 54.1 Å². The van der Waals surface area contributed by atoms with E-state index in [1.54, 1.807) is 0 Å². The first-order valence-corrected chi connectivity index (χ1v) is 6.52. The van der Waals surface area contributed by atoms with Gasteiger partial charge in [-0.3, -0.25) is 0 Å². The lowest BCUT2D eigenvalue weighted by Crippen LogP contribution is -1.92. The van der Waals surface area contributed by atoms with Gasteiger partial charge in [0.05, 0.1) is 6.61 Å². The lowest BCUT2D eigenvalue weighted by atomic mass is 10.0. The lowest BCUT2D eigenvalue weighted by Gasteiger charge is -2.04. The van der Waals surface area contributed by atoms with E-state index in [1.807, 2.05) is 12.1 Å². The minimum absolute atomic E-state index is 0.131. The predicted octanol–water partition coefficient (Wildman–Crippen LogP) is 3.66. The van der Waals surface area contributed by atoms with Gasteiger partial charge in [0, 0.05) is 0 Å². The topological polar surface area (TPSA) is 20.2 Å². The molecule has 1 N–H and O–H groups in total. The van der Waals surface area contributed by atoms with Gasteiger partial charge in [0.2, 0.25) is 0 Å². The van der Waals surface area contributed by atoms with E-state index < -0.39 is 0 Å². The van der Waals surface area contributed by atoms with Gasteiger partial charge in [-0.25, -0.2) is 0 Å². The third-order valence-electron chi connectivity index (χ3n) is 3.23. The van der Waals surface area contributed by atoms with E-state index in [0.29, 0.717) is 0 Å². The Labute approximate surface area is 109 Å². The van der Waals surface area contributed by atoms with Crippen LogP contribution in [0.5, 0.6) is 0 Å². The van der Waals surface area contributed by atoms with Crippen molar-refractivity contribution in [3.05, 3.63) is 70.8 Å². The molecule has 0 unspecified atom stereocenters. The molecular weight excluding hydrogens is 220 g/mol.